The lowest BCUT2D eigenvalue weighted by Crippen LogP contribution is -2.33. The summed E-state index contributed by atoms with van der Waals surface area (Å²) in [6, 6.07) is 9.03. The number of benzene rings is 2. The van der Waals surface area contributed by atoms with Crippen molar-refractivity contribution in [1.82, 2.24) is 4.72 Å². The van der Waals surface area contributed by atoms with Crippen LogP contribution in [0.2, 0.25) is 0 Å². The quantitative estimate of drug-likeness (QED) is 0.701. The number of ether oxygens (including phenoxy) is 1. The third kappa shape index (κ3) is 5.60. The fourth-order valence-electron chi connectivity index (χ4n) is 2.15. The summed E-state index contributed by atoms with van der Waals surface area (Å²) >= 11 is 0. The van der Waals surface area contributed by atoms with Gasteiger partial charge in [-0.3, -0.25) is 4.79 Å². The van der Waals surface area contributed by atoms with Gasteiger partial charge in [0, 0.05) is 5.69 Å². The van der Waals surface area contributed by atoms with Gasteiger partial charge >= 0.3 is 5.97 Å². The summed E-state index contributed by atoms with van der Waals surface area (Å²) in [6.07, 6.45) is 0. The molecule has 0 fully saturated rings. The van der Waals surface area contributed by atoms with Crippen molar-refractivity contribution >= 4 is 27.6 Å². The first-order valence-electron chi connectivity index (χ1n) is 8.06. The molecular weight excluding hydrogens is 375 g/mol. The van der Waals surface area contributed by atoms with E-state index in [0.717, 1.165) is 6.07 Å². The van der Waals surface area contributed by atoms with Crippen LogP contribution in [0.15, 0.2) is 47.4 Å². The zero-order valence-electron chi connectivity index (χ0n) is 14.8. The lowest BCUT2D eigenvalue weighted by Gasteiger charge is -2.10. The van der Waals surface area contributed by atoms with E-state index in [1.54, 1.807) is 13.8 Å². The lowest BCUT2D eigenvalue weighted by molar-refractivity contribution is -0.115. The Morgan fingerprint density at radius 2 is 1.78 bits per heavy atom. The number of aryl methyl sites for hydroxylation is 1. The smallest absolute Gasteiger partial charge is 0.338 e. The fourth-order valence-corrected chi connectivity index (χ4v) is 3.13. The highest BCUT2D eigenvalue weighted by Gasteiger charge is 2.17. The number of anilines is 1. The maximum absolute atomic E-state index is 13.2. The average molecular weight is 394 g/mol. The topological polar surface area (TPSA) is 102 Å². The second kappa shape index (κ2) is 8.74. The molecule has 0 radical (unpaired) electrons. The van der Waals surface area contributed by atoms with Crippen molar-refractivity contribution in [3.05, 3.63) is 59.4 Å². The summed E-state index contributed by atoms with van der Waals surface area (Å²) in [7, 11) is -3.96. The highest BCUT2D eigenvalue weighted by Crippen LogP contribution is 2.16. The van der Waals surface area contributed by atoms with Crippen molar-refractivity contribution in [3.8, 4) is 0 Å². The van der Waals surface area contributed by atoms with Crippen LogP contribution < -0.4 is 10.0 Å². The molecule has 0 saturated carbocycles. The van der Waals surface area contributed by atoms with Gasteiger partial charge in [0.15, 0.2) is 0 Å². The van der Waals surface area contributed by atoms with Crippen LogP contribution in [-0.2, 0) is 19.6 Å². The number of sulfonamides is 1. The van der Waals surface area contributed by atoms with Crippen LogP contribution in [0.25, 0.3) is 0 Å². The predicted molar refractivity (Wildman–Crippen MR) is 97.4 cm³/mol. The lowest BCUT2D eigenvalue weighted by atomic mass is 10.2. The second-order valence-corrected chi connectivity index (χ2v) is 7.34. The van der Waals surface area contributed by atoms with Gasteiger partial charge in [0.25, 0.3) is 0 Å². The second-order valence-electron chi connectivity index (χ2n) is 5.58. The van der Waals surface area contributed by atoms with Gasteiger partial charge in [0.2, 0.25) is 15.9 Å². The standard InChI is InChI=1S/C18H19FN2O5S/c1-3-26-18(23)13-5-8-15(9-6-13)27(24,25)20-11-17(22)21-16-10-14(19)7-4-12(16)2/h4-10,20H,3,11H2,1-2H3,(H,21,22). The molecule has 0 heterocycles. The predicted octanol–water partition coefficient (Wildman–Crippen LogP) is 2.23. The van der Waals surface area contributed by atoms with Gasteiger partial charge in [0.1, 0.15) is 5.82 Å². The molecule has 0 aliphatic carbocycles. The van der Waals surface area contributed by atoms with Crippen molar-refractivity contribution in [2.45, 2.75) is 18.7 Å². The van der Waals surface area contributed by atoms with E-state index in [1.165, 1.54) is 36.4 Å². The number of rotatable bonds is 7. The molecule has 0 saturated heterocycles. The highest BCUT2D eigenvalue weighted by atomic mass is 32.2. The van der Waals surface area contributed by atoms with Crippen LogP contribution >= 0.6 is 0 Å². The van der Waals surface area contributed by atoms with Crippen molar-refractivity contribution in [1.29, 1.82) is 0 Å². The normalized spacial score (nSPS) is 11.1. The molecule has 0 bridgehead atoms. The molecule has 7 nitrogen and oxygen atoms in total. The largest absolute Gasteiger partial charge is 0.462 e. The molecule has 2 aromatic carbocycles. The number of carbonyl (C=O) groups is 2. The molecule has 2 N–H and O–H groups in total. The minimum Gasteiger partial charge on any atom is -0.462 e. The molecule has 0 unspecified atom stereocenters. The van der Waals surface area contributed by atoms with Crippen LogP contribution in [-0.4, -0.2) is 33.4 Å². The molecule has 0 aliphatic heterocycles. The summed E-state index contributed by atoms with van der Waals surface area (Å²) in [5.41, 5.74) is 1.12. The van der Waals surface area contributed by atoms with Gasteiger partial charge in [-0.05, 0) is 55.8 Å². The van der Waals surface area contributed by atoms with E-state index in [1.807, 2.05) is 0 Å². The molecule has 144 valence electrons. The van der Waals surface area contributed by atoms with E-state index < -0.39 is 34.3 Å². The van der Waals surface area contributed by atoms with Crippen LogP contribution in [0.4, 0.5) is 10.1 Å². The average Bonchev–Trinajstić information content (AvgIpc) is 2.63. The van der Waals surface area contributed by atoms with Crippen LogP contribution in [0.5, 0.6) is 0 Å². The van der Waals surface area contributed by atoms with E-state index in [-0.39, 0.29) is 22.8 Å². The third-order valence-corrected chi connectivity index (χ3v) is 4.99. The van der Waals surface area contributed by atoms with Crippen LogP contribution in [0, 0.1) is 12.7 Å². The Labute approximate surface area is 156 Å². The van der Waals surface area contributed by atoms with Crippen molar-refractivity contribution in [2.24, 2.45) is 0 Å². The van der Waals surface area contributed by atoms with Gasteiger partial charge in [-0.1, -0.05) is 6.07 Å². The van der Waals surface area contributed by atoms with Gasteiger partial charge in [-0.15, -0.1) is 0 Å². The van der Waals surface area contributed by atoms with Gasteiger partial charge in [0.05, 0.1) is 23.6 Å². The molecule has 0 spiro atoms. The Kier molecular flexibility index (Phi) is 6.65. The first-order chi connectivity index (χ1) is 12.7. The van der Waals surface area contributed by atoms with Gasteiger partial charge in [-0.25, -0.2) is 22.3 Å². The minimum absolute atomic E-state index is 0.106. The summed E-state index contributed by atoms with van der Waals surface area (Å²) in [6.45, 7) is 3.03. The number of carbonyl (C=O) groups excluding carboxylic acids is 2. The minimum atomic E-state index is -3.96. The van der Waals surface area contributed by atoms with Crippen molar-refractivity contribution in [3.63, 3.8) is 0 Å². The zero-order chi connectivity index (χ0) is 20.0. The van der Waals surface area contributed by atoms with Gasteiger partial charge < -0.3 is 10.1 Å². The van der Waals surface area contributed by atoms with Gasteiger partial charge in [-0.2, -0.15) is 0 Å². The molecule has 0 aliphatic rings. The SMILES string of the molecule is CCOC(=O)c1ccc(S(=O)(=O)NCC(=O)Nc2cc(F)ccc2C)cc1. The van der Waals surface area contributed by atoms with Crippen molar-refractivity contribution < 1.29 is 27.1 Å². The highest BCUT2D eigenvalue weighted by molar-refractivity contribution is 7.89. The van der Waals surface area contributed by atoms with E-state index in [4.69, 9.17) is 4.74 Å². The number of amides is 1. The van der Waals surface area contributed by atoms with E-state index >= 15 is 0 Å². The third-order valence-electron chi connectivity index (χ3n) is 3.57. The first-order valence-corrected chi connectivity index (χ1v) is 9.54. The Balaban J connectivity index is 2.00. The van der Waals surface area contributed by atoms with E-state index in [2.05, 4.69) is 10.0 Å². The number of esters is 1. The molecule has 0 aromatic heterocycles. The summed E-state index contributed by atoms with van der Waals surface area (Å²) in [4.78, 5) is 23.4. The first kappa shape index (κ1) is 20.5. The molecule has 2 rings (SSSR count). The summed E-state index contributed by atoms with van der Waals surface area (Å²) in [5, 5.41) is 2.45. The molecule has 2 aromatic rings. The maximum Gasteiger partial charge on any atom is 0.338 e. The number of hydrogen-bond donors (Lipinski definition) is 2. The Hall–Kier alpha value is -2.78. The molecular formula is C18H19FN2O5S. The molecule has 1 amide bonds. The van der Waals surface area contributed by atoms with Crippen LogP contribution in [0.3, 0.4) is 0 Å². The Bertz CT molecular complexity index is 943. The molecule has 27 heavy (non-hydrogen) atoms. The fraction of sp³-hybridized carbons (Fsp3) is 0.222. The van der Waals surface area contributed by atoms with E-state index in [9.17, 15) is 22.4 Å². The summed E-state index contributed by atoms with van der Waals surface area (Å²) < 4.78 is 44.7. The Morgan fingerprint density at radius 1 is 1.11 bits per heavy atom. The maximum atomic E-state index is 13.2. The Morgan fingerprint density at radius 3 is 2.41 bits per heavy atom. The summed E-state index contributed by atoms with van der Waals surface area (Å²) in [5.74, 6) is -1.71. The van der Waals surface area contributed by atoms with E-state index in [0.29, 0.717) is 5.56 Å². The zero-order valence-corrected chi connectivity index (χ0v) is 15.6. The number of nitrogens with one attached hydrogen (secondary N) is 2. The van der Waals surface area contributed by atoms with Crippen molar-refractivity contribution in [2.75, 3.05) is 18.5 Å². The van der Waals surface area contributed by atoms with Crippen LogP contribution in [0.1, 0.15) is 22.8 Å². The number of hydrogen-bond acceptors (Lipinski definition) is 5. The number of halogens is 1. The molecule has 9 heteroatoms. The monoisotopic (exact) mass is 394 g/mol. The molecule has 0 atom stereocenters.